The van der Waals surface area contributed by atoms with Crippen LogP contribution in [0.3, 0.4) is 0 Å². The van der Waals surface area contributed by atoms with Crippen molar-refractivity contribution in [1.82, 2.24) is 0 Å². The normalized spacial score (nSPS) is 10.8. The predicted molar refractivity (Wildman–Crippen MR) is 97.2 cm³/mol. The molecule has 0 aliphatic carbocycles. The Morgan fingerprint density at radius 3 is 2.50 bits per heavy atom. The molecule has 1 nitrogen and oxygen atoms in total. The van der Waals surface area contributed by atoms with Crippen LogP contribution in [-0.2, 0) is 6.42 Å². The van der Waals surface area contributed by atoms with Crippen LogP contribution in [0.4, 0.5) is 5.69 Å². The van der Waals surface area contributed by atoms with Crippen LogP contribution in [0.5, 0.6) is 0 Å². The number of anilines is 1. The topological polar surface area (TPSA) is 12.0 Å². The molecule has 0 radical (unpaired) electrons. The van der Waals surface area contributed by atoms with Gasteiger partial charge in [0.25, 0.3) is 0 Å². The molecular weight excluding hydrogens is 266 g/mol. The van der Waals surface area contributed by atoms with Crippen molar-refractivity contribution in [3.05, 3.63) is 89.6 Å². The van der Waals surface area contributed by atoms with Gasteiger partial charge in [-0.1, -0.05) is 54.6 Å². The third-order valence-electron chi connectivity index (χ3n) is 3.75. The average molecular weight is 291 g/mol. The molecule has 0 aliphatic heterocycles. The van der Waals surface area contributed by atoms with E-state index < -0.39 is 0 Å². The molecule has 0 fully saturated rings. The maximum atomic E-state index is 4.04. The van der Waals surface area contributed by atoms with Crippen LogP contribution in [0.2, 0.25) is 0 Å². The molecule has 1 heteroatoms. The van der Waals surface area contributed by atoms with Crippen molar-refractivity contribution in [3.63, 3.8) is 0 Å². The molecule has 114 valence electrons. The lowest BCUT2D eigenvalue weighted by Crippen LogP contribution is -1.94. The number of aryl methyl sites for hydroxylation is 3. The molecule has 0 bridgehead atoms. The van der Waals surface area contributed by atoms with E-state index in [2.05, 4.69) is 86.4 Å². The van der Waals surface area contributed by atoms with E-state index in [1.807, 2.05) is 0 Å². The summed E-state index contributed by atoms with van der Waals surface area (Å²) in [4.78, 5) is 0. The Kier molecular flexibility index (Phi) is 6.02. The van der Waals surface area contributed by atoms with Gasteiger partial charge < -0.3 is 5.32 Å². The quantitative estimate of drug-likeness (QED) is 0.501. The lowest BCUT2D eigenvalue weighted by molar-refractivity contribution is 0.837. The zero-order valence-corrected chi connectivity index (χ0v) is 13.6. The standard InChI is InChI=1S/C21H25N/c1-17-13-15-21(16-14-17)22-19(3)10-5-4-6-11-20-12-8-7-9-18(20)2/h5,7-10,12-16,22H,3-4,6,11H2,1-2H3/b10-5-. The summed E-state index contributed by atoms with van der Waals surface area (Å²) < 4.78 is 0. The van der Waals surface area contributed by atoms with Gasteiger partial charge in [0.05, 0.1) is 0 Å². The maximum Gasteiger partial charge on any atom is 0.0384 e. The molecule has 0 amide bonds. The van der Waals surface area contributed by atoms with E-state index in [0.29, 0.717) is 0 Å². The van der Waals surface area contributed by atoms with Crippen molar-refractivity contribution < 1.29 is 0 Å². The van der Waals surface area contributed by atoms with Crippen LogP contribution >= 0.6 is 0 Å². The van der Waals surface area contributed by atoms with Crippen LogP contribution in [-0.4, -0.2) is 0 Å². The zero-order chi connectivity index (χ0) is 15.8. The molecule has 22 heavy (non-hydrogen) atoms. The van der Waals surface area contributed by atoms with E-state index in [4.69, 9.17) is 0 Å². The van der Waals surface area contributed by atoms with Gasteiger partial charge in [-0.25, -0.2) is 0 Å². The zero-order valence-electron chi connectivity index (χ0n) is 13.6. The first-order chi connectivity index (χ1) is 10.6. The summed E-state index contributed by atoms with van der Waals surface area (Å²) in [5, 5.41) is 3.31. The number of benzene rings is 2. The molecule has 2 aromatic rings. The second kappa shape index (κ2) is 8.23. The van der Waals surface area contributed by atoms with Crippen LogP contribution in [0.25, 0.3) is 0 Å². The Hall–Kier alpha value is -2.28. The van der Waals surface area contributed by atoms with Gasteiger partial charge in [-0.3, -0.25) is 0 Å². The molecule has 0 saturated heterocycles. The van der Waals surface area contributed by atoms with E-state index in [1.165, 1.54) is 23.1 Å². The van der Waals surface area contributed by atoms with Gasteiger partial charge in [0.2, 0.25) is 0 Å². The minimum Gasteiger partial charge on any atom is -0.356 e. The van der Waals surface area contributed by atoms with E-state index >= 15 is 0 Å². The number of nitrogens with one attached hydrogen (secondary N) is 1. The highest BCUT2D eigenvalue weighted by atomic mass is 14.9. The molecule has 0 saturated carbocycles. The summed E-state index contributed by atoms with van der Waals surface area (Å²) >= 11 is 0. The third-order valence-corrected chi connectivity index (χ3v) is 3.75. The van der Waals surface area contributed by atoms with Gasteiger partial charge in [0, 0.05) is 11.4 Å². The average Bonchev–Trinajstić information content (AvgIpc) is 2.51. The Balaban J connectivity index is 1.72. The Labute approximate surface area is 134 Å². The molecule has 2 rings (SSSR count). The third kappa shape index (κ3) is 5.25. The fraction of sp³-hybridized carbons (Fsp3) is 0.238. The first kappa shape index (κ1) is 16.1. The lowest BCUT2D eigenvalue weighted by atomic mass is 10.0. The van der Waals surface area contributed by atoms with E-state index in [-0.39, 0.29) is 0 Å². The summed E-state index contributed by atoms with van der Waals surface area (Å²) in [5.74, 6) is 0. The Morgan fingerprint density at radius 1 is 1.05 bits per heavy atom. The summed E-state index contributed by atoms with van der Waals surface area (Å²) in [6.45, 7) is 8.31. The summed E-state index contributed by atoms with van der Waals surface area (Å²) in [7, 11) is 0. The minimum atomic E-state index is 0.930. The smallest absolute Gasteiger partial charge is 0.0384 e. The summed E-state index contributed by atoms with van der Waals surface area (Å²) in [5.41, 5.74) is 6.12. The van der Waals surface area contributed by atoms with E-state index in [1.54, 1.807) is 0 Å². The second-order valence-corrected chi connectivity index (χ2v) is 5.74. The number of unbranched alkanes of at least 4 members (excludes halogenated alkanes) is 1. The van der Waals surface area contributed by atoms with Crippen molar-refractivity contribution in [2.75, 3.05) is 5.32 Å². The molecule has 0 aliphatic rings. The molecular formula is C21H25N. The van der Waals surface area contributed by atoms with Crippen LogP contribution < -0.4 is 5.32 Å². The largest absolute Gasteiger partial charge is 0.356 e. The highest BCUT2D eigenvalue weighted by Gasteiger charge is 1.96. The van der Waals surface area contributed by atoms with Crippen LogP contribution in [0.1, 0.15) is 29.5 Å². The van der Waals surface area contributed by atoms with Crippen molar-refractivity contribution in [1.29, 1.82) is 0 Å². The first-order valence-electron chi connectivity index (χ1n) is 7.89. The molecule has 0 heterocycles. The summed E-state index contributed by atoms with van der Waals surface area (Å²) in [6.07, 6.45) is 7.64. The molecule has 0 atom stereocenters. The molecule has 2 aromatic carbocycles. The van der Waals surface area contributed by atoms with Crippen molar-refractivity contribution in [2.24, 2.45) is 0 Å². The molecule has 1 N–H and O–H groups in total. The fourth-order valence-corrected chi connectivity index (χ4v) is 2.39. The van der Waals surface area contributed by atoms with Crippen LogP contribution in [0.15, 0.2) is 73.0 Å². The van der Waals surface area contributed by atoms with Gasteiger partial charge in [-0.2, -0.15) is 0 Å². The van der Waals surface area contributed by atoms with Gasteiger partial charge >= 0.3 is 0 Å². The van der Waals surface area contributed by atoms with Crippen LogP contribution in [0, 0.1) is 13.8 Å². The van der Waals surface area contributed by atoms with E-state index in [9.17, 15) is 0 Å². The predicted octanol–water partition coefficient (Wildman–Crippen LogP) is 5.81. The summed E-state index contributed by atoms with van der Waals surface area (Å²) in [6, 6.07) is 17.0. The van der Waals surface area contributed by atoms with Crippen molar-refractivity contribution >= 4 is 5.69 Å². The van der Waals surface area contributed by atoms with Crippen molar-refractivity contribution in [2.45, 2.75) is 33.1 Å². The monoisotopic (exact) mass is 291 g/mol. The SMILES string of the molecule is C=C(/C=C\CCCc1ccccc1C)Nc1ccc(C)cc1. The Bertz CT molecular complexity index is 635. The van der Waals surface area contributed by atoms with Gasteiger partial charge in [0.1, 0.15) is 0 Å². The molecule has 0 spiro atoms. The molecule has 0 unspecified atom stereocenters. The van der Waals surface area contributed by atoms with Gasteiger partial charge in [0.15, 0.2) is 0 Å². The maximum absolute atomic E-state index is 4.04. The number of allylic oxidation sites excluding steroid dienone is 2. The Morgan fingerprint density at radius 2 is 1.77 bits per heavy atom. The highest BCUT2D eigenvalue weighted by molar-refractivity contribution is 5.50. The lowest BCUT2D eigenvalue weighted by Gasteiger charge is -2.06. The molecule has 0 aromatic heterocycles. The number of rotatable bonds is 7. The van der Waals surface area contributed by atoms with E-state index in [0.717, 1.165) is 24.2 Å². The minimum absolute atomic E-state index is 0.930. The van der Waals surface area contributed by atoms with Crippen molar-refractivity contribution in [3.8, 4) is 0 Å². The van der Waals surface area contributed by atoms with Gasteiger partial charge in [-0.15, -0.1) is 0 Å². The highest BCUT2D eigenvalue weighted by Crippen LogP contribution is 2.13. The number of hydrogen-bond acceptors (Lipinski definition) is 1. The second-order valence-electron chi connectivity index (χ2n) is 5.74. The fourth-order valence-electron chi connectivity index (χ4n) is 2.39. The first-order valence-corrected chi connectivity index (χ1v) is 7.89. The van der Waals surface area contributed by atoms with Gasteiger partial charge in [-0.05, 0) is 62.4 Å². The number of hydrogen-bond donors (Lipinski definition) is 1.